The molecule has 0 amide bonds. The molecule has 4 aromatic heterocycles. The van der Waals surface area contributed by atoms with Crippen molar-refractivity contribution in [2.45, 2.75) is 92.9 Å². The Hall–Kier alpha value is -2.88. The second-order valence-electron chi connectivity index (χ2n) is 9.82. The topological polar surface area (TPSA) is 100 Å². The number of hydrogen-bond donors (Lipinski definition) is 0. The first kappa shape index (κ1) is 31.2. The molecule has 4 heterocycles. The quantitative estimate of drug-likeness (QED) is 0.303. The molecule has 0 aliphatic heterocycles. The van der Waals surface area contributed by atoms with Gasteiger partial charge in [0.05, 0.1) is 18.1 Å². The molecule has 4 aromatic rings. The molecule has 0 bridgehead atoms. The monoisotopic (exact) mass is 516 g/mol. The van der Waals surface area contributed by atoms with E-state index in [1.54, 1.807) is 22.2 Å². The van der Waals surface area contributed by atoms with E-state index < -0.39 is 0 Å². The Bertz CT molecular complexity index is 944. The minimum absolute atomic E-state index is 0.450. The van der Waals surface area contributed by atoms with Crippen LogP contribution in [0.1, 0.15) is 112 Å². The maximum absolute atomic E-state index is 5.23. The van der Waals surface area contributed by atoms with Crippen molar-refractivity contribution in [2.75, 3.05) is 0 Å². The second-order valence-corrected chi connectivity index (χ2v) is 11.0. The van der Waals surface area contributed by atoms with Crippen LogP contribution in [-0.2, 0) is 14.1 Å². The van der Waals surface area contributed by atoms with Crippen LogP contribution < -0.4 is 0 Å². The summed E-state index contributed by atoms with van der Waals surface area (Å²) >= 11 is 1.67. The van der Waals surface area contributed by atoms with E-state index in [0.29, 0.717) is 23.7 Å². The highest BCUT2D eigenvalue weighted by Crippen LogP contribution is 2.17. The summed E-state index contributed by atoms with van der Waals surface area (Å²) in [5.74, 6) is 3.77. The van der Waals surface area contributed by atoms with Crippen molar-refractivity contribution in [3.05, 3.63) is 57.7 Å². The number of nitrogens with zero attached hydrogens (tertiary/aromatic N) is 8. The minimum Gasteiger partial charge on any atom is -0.446 e. The van der Waals surface area contributed by atoms with Crippen molar-refractivity contribution in [1.82, 2.24) is 40.0 Å². The molecule has 0 fully saturated rings. The molecule has 0 unspecified atom stereocenters. The zero-order valence-electron chi connectivity index (χ0n) is 24.0. The molecular formula is C26H44N8OS. The van der Waals surface area contributed by atoms with Crippen LogP contribution in [0, 0.1) is 13.8 Å². The maximum atomic E-state index is 5.23. The Morgan fingerprint density at radius 3 is 1.64 bits per heavy atom. The molecular weight excluding hydrogens is 472 g/mol. The molecule has 0 spiro atoms. The van der Waals surface area contributed by atoms with Crippen LogP contribution in [0.4, 0.5) is 0 Å². The normalized spacial score (nSPS) is 10.7. The average Bonchev–Trinajstić information content (AvgIpc) is 3.58. The van der Waals surface area contributed by atoms with Crippen molar-refractivity contribution >= 4 is 11.3 Å². The molecule has 0 radical (unpaired) electrons. The lowest BCUT2D eigenvalue weighted by Crippen LogP contribution is -1.85. The van der Waals surface area contributed by atoms with Gasteiger partial charge in [-0.15, -0.1) is 26.6 Å². The van der Waals surface area contributed by atoms with E-state index in [0.717, 1.165) is 27.4 Å². The molecule has 0 saturated carbocycles. The van der Waals surface area contributed by atoms with Gasteiger partial charge in [-0.3, -0.25) is 9.36 Å². The summed E-state index contributed by atoms with van der Waals surface area (Å²) in [7, 11) is 3.81. The van der Waals surface area contributed by atoms with Crippen LogP contribution in [0.3, 0.4) is 0 Å². The van der Waals surface area contributed by atoms with Crippen molar-refractivity contribution in [3.63, 3.8) is 0 Å². The molecule has 0 saturated heterocycles. The maximum Gasteiger partial charge on any atom is 0.191 e. The Kier molecular flexibility index (Phi) is 13.2. The number of aryl methyl sites for hydroxylation is 4. The highest BCUT2D eigenvalue weighted by molar-refractivity contribution is 7.11. The number of oxazole rings is 1. The molecule has 36 heavy (non-hydrogen) atoms. The van der Waals surface area contributed by atoms with Gasteiger partial charge in [0, 0.05) is 45.2 Å². The van der Waals surface area contributed by atoms with Gasteiger partial charge in [0.25, 0.3) is 0 Å². The highest BCUT2D eigenvalue weighted by Gasteiger charge is 2.04. The van der Waals surface area contributed by atoms with Gasteiger partial charge < -0.3 is 4.42 Å². The third-order valence-electron chi connectivity index (χ3n) is 4.85. The minimum atomic E-state index is 0.450. The lowest BCUT2D eigenvalue weighted by Gasteiger charge is -1.95. The van der Waals surface area contributed by atoms with Gasteiger partial charge >= 0.3 is 0 Å². The summed E-state index contributed by atoms with van der Waals surface area (Å²) in [6.45, 7) is 20.8. The zero-order chi connectivity index (χ0) is 27.4. The third-order valence-corrected chi connectivity index (χ3v) is 5.99. The molecule has 0 atom stereocenters. The summed E-state index contributed by atoms with van der Waals surface area (Å²) in [6, 6.07) is 0. The number of hydrogen-bond acceptors (Lipinski definition) is 8. The summed E-state index contributed by atoms with van der Waals surface area (Å²) in [4.78, 5) is 3.97. The third kappa shape index (κ3) is 11.7. The van der Waals surface area contributed by atoms with Crippen LogP contribution in [0.15, 0.2) is 29.2 Å². The van der Waals surface area contributed by atoms with E-state index >= 15 is 0 Å². The fraction of sp³-hybridized carbons (Fsp3) is 0.615. The lowest BCUT2D eigenvalue weighted by atomic mass is 10.1. The van der Waals surface area contributed by atoms with Gasteiger partial charge in [0.2, 0.25) is 0 Å². The zero-order valence-corrected chi connectivity index (χ0v) is 24.8. The largest absolute Gasteiger partial charge is 0.446 e. The first-order valence-corrected chi connectivity index (χ1v) is 13.2. The number of rotatable bonds is 4. The predicted molar refractivity (Wildman–Crippen MR) is 146 cm³/mol. The number of aromatic nitrogens is 8. The van der Waals surface area contributed by atoms with Crippen LogP contribution in [-0.4, -0.2) is 40.0 Å². The lowest BCUT2D eigenvalue weighted by molar-refractivity contribution is 0.456. The van der Waals surface area contributed by atoms with Gasteiger partial charge in [-0.2, -0.15) is 5.10 Å². The van der Waals surface area contributed by atoms with E-state index in [9.17, 15) is 0 Å². The van der Waals surface area contributed by atoms with Crippen molar-refractivity contribution in [1.29, 1.82) is 0 Å². The van der Waals surface area contributed by atoms with Crippen LogP contribution >= 0.6 is 11.3 Å². The van der Waals surface area contributed by atoms with E-state index in [-0.39, 0.29) is 0 Å². The summed E-state index contributed by atoms with van der Waals surface area (Å²) in [5, 5.41) is 21.9. The van der Waals surface area contributed by atoms with E-state index in [1.165, 1.54) is 5.56 Å². The fourth-order valence-corrected chi connectivity index (χ4v) is 3.26. The average molecular weight is 517 g/mol. The second kappa shape index (κ2) is 15.3. The van der Waals surface area contributed by atoms with Gasteiger partial charge in [-0.25, -0.2) is 4.98 Å². The van der Waals surface area contributed by atoms with Gasteiger partial charge in [0.15, 0.2) is 5.89 Å². The molecule has 10 heteroatoms. The van der Waals surface area contributed by atoms with Crippen molar-refractivity contribution in [3.8, 4) is 0 Å². The highest BCUT2D eigenvalue weighted by atomic mass is 32.1. The Labute approximate surface area is 220 Å². The molecule has 0 N–H and O–H groups in total. The first-order valence-electron chi connectivity index (χ1n) is 12.4. The smallest absolute Gasteiger partial charge is 0.191 e. The summed E-state index contributed by atoms with van der Waals surface area (Å²) in [5.41, 5.74) is 2.36. The fourth-order valence-electron chi connectivity index (χ4n) is 2.56. The van der Waals surface area contributed by atoms with Crippen molar-refractivity contribution in [2.24, 2.45) is 14.1 Å². The molecule has 0 aromatic carbocycles. The first-order chi connectivity index (χ1) is 16.8. The Balaban J connectivity index is 0.000000240. The van der Waals surface area contributed by atoms with Gasteiger partial charge in [-0.05, 0) is 24.3 Å². The SMILES string of the molecule is CC(C)c1cn(C)nn1.CC(C)c1cnn(C)c1.Cc1ncc(C(C)C)o1.Cc1nnc(C(C)C)s1. The van der Waals surface area contributed by atoms with E-state index in [4.69, 9.17) is 4.42 Å². The van der Waals surface area contributed by atoms with Crippen LogP contribution in [0.5, 0.6) is 0 Å². The van der Waals surface area contributed by atoms with Crippen molar-refractivity contribution < 1.29 is 4.42 Å². The van der Waals surface area contributed by atoms with E-state index in [1.807, 2.05) is 51.2 Å². The predicted octanol–water partition coefficient (Wildman–Crippen LogP) is 6.56. The molecule has 4 rings (SSSR count). The Morgan fingerprint density at radius 2 is 1.42 bits per heavy atom. The molecule has 0 aliphatic carbocycles. The van der Waals surface area contributed by atoms with E-state index in [2.05, 4.69) is 86.0 Å². The van der Waals surface area contributed by atoms with Gasteiger partial charge in [-0.1, -0.05) is 60.6 Å². The molecule has 0 aliphatic rings. The summed E-state index contributed by atoms with van der Waals surface area (Å²) in [6.07, 6.45) is 7.67. The molecule has 200 valence electrons. The molecule has 9 nitrogen and oxygen atoms in total. The standard InChI is InChI=1S/C7H12N2.C7H11NO.C6H11N3.C6H10N2S/c1-6(2)7-4-8-9(3)5-7;1-5(2)7-4-8-6(3)9-7;1-5(2)6-4-9(3)8-7-6;1-4(2)6-8-7-5(3)9-6/h4-6H,1-3H3;2*4-5H,1-3H3;4H,1-3H3. The summed E-state index contributed by atoms with van der Waals surface area (Å²) < 4.78 is 8.78. The Morgan fingerprint density at radius 1 is 0.750 bits per heavy atom. The van der Waals surface area contributed by atoms with Gasteiger partial charge in [0.1, 0.15) is 15.8 Å². The van der Waals surface area contributed by atoms with Crippen LogP contribution in [0.25, 0.3) is 0 Å². The van der Waals surface area contributed by atoms with Crippen LogP contribution in [0.2, 0.25) is 0 Å².